The van der Waals surface area contributed by atoms with E-state index < -0.39 is 0 Å². The van der Waals surface area contributed by atoms with Gasteiger partial charge in [-0.2, -0.15) is 0 Å². The van der Waals surface area contributed by atoms with Gasteiger partial charge in [0, 0.05) is 25.7 Å². The Morgan fingerprint density at radius 2 is 1.84 bits per heavy atom. The van der Waals surface area contributed by atoms with E-state index in [0.29, 0.717) is 24.6 Å². The third kappa shape index (κ3) is 4.36. The van der Waals surface area contributed by atoms with E-state index in [1.165, 1.54) is 0 Å². The molecule has 2 aromatic heterocycles. The molecule has 2 heterocycles. The summed E-state index contributed by atoms with van der Waals surface area (Å²) in [4.78, 5) is 16.7. The molecule has 130 valence electrons. The first-order valence-corrected chi connectivity index (χ1v) is 8.12. The lowest BCUT2D eigenvalue weighted by Crippen LogP contribution is -2.36. The number of nitrogens with zero attached hydrogens (tertiary/aromatic N) is 3. The number of furan rings is 1. The van der Waals surface area contributed by atoms with Gasteiger partial charge in [-0.1, -0.05) is 35.5 Å². The predicted molar refractivity (Wildman–Crippen MR) is 93.9 cm³/mol. The van der Waals surface area contributed by atoms with Crippen molar-refractivity contribution in [1.82, 2.24) is 15.0 Å². The highest BCUT2D eigenvalue weighted by Gasteiger charge is 2.21. The summed E-state index contributed by atoms with van der Waals surface area (Å²) >= 11 is 0. The standard InChI is InChI=1S/C19H21N3O3/c1-21(2)10-11-22(14-15-7-4-3-5-8-15)19(23)16-13-18(25-20-16)17-9-6-12-24-17/h3-9,12-13H,10-11,14H2,1-2H3. The molecule has 0 saturated carbocycles. The van der Waals surface area contributed by atoms with Crippen LogP contribution in [0.4, 0.5) is 0 Å². The Morgan fingerprint density at radius 3 is 2.52 bits per heavy atom. The molecule has 1 amide bonds. The van der Waals surface area contributed by atoms with Gasteiger partial charge in [-0.15, -0.1) is 0 Å². The number of hydrogen-bond acceptors (Lipinski definition) is 5. The van der Waals surface area contributed by atoms with Crippen LogP contribution < -0.4 is 0 Å². The molecule has 0 saturated heterocycles. The van der Waals surface area contributed by atoms with Gasteiger partial charge in [-0.3, -0.25) is 4.79 Å². The molecule has 0 aliphatic heterocycles. The minimum Gasteiger partial charge on any atom is -0.461 e. The minimum atomic E-state index is -0.160. The molecule has 0 aliphatic rings. The van der Waals surface area contributed by atoms with Gasteiger partial charge < -0.3 is 18.7 Å². The van der Waals surface area contributed by atoms with Crippen molar-refractivity contribution in [2.45, 2.75) is 6.54 Å². The van der Waals surface area contributed by atoms with Crippen LogP contribution in [-0.4, -0.2) is 48.0 Å². The summed E-state index contributed by atoms with van der Waals surface area (Å²) in [6, 6.07) is 15.1. The molecule has 0 bridgehead atoms. The molecule has 3 rings (SSSR count). The first-order valence-electron chi connectivity index (χ1n) is 8.12. The van der Waals surface area contributed by atoms with Gasteiger partial charge in [-0.25, -0.2) is 0 Å². The highest BCUT2D eigenvalue weighted by Crippen LogP contribution is 2.21. The number of hydrogen-bond donors (Lipinski definition) is 0. The van der Waals surface area contributed by atoms with Gasteiger partial charge in [0.05, 0.1) is 6.26 Å². The number of benzene rings is 1. The van der Waals surface area contributed by atoms with Crippen molar-refractivity contribution in [3.05, 3.63) is 66.1 Å². The Bertz CT molecular complexity index is 794. The maximum absolute atomic E-state index is 12.9. The van der Waals surface area contributed by atoms with Crippen LogP contribution in [0.5, 0.6) is 0 Å². The van der Waals surface area contributed by atoms with Crippen LogP contribution in [0.1, 0.15) is 16.1 Å². The minimum absolute atomic E-state index is 0.160. The third-order valence-electron chi connectivity index (χ3n) is 3.81. The smallest absolute Gasteiger partial charge is 0.276 e. The van der Waals surface area contributed by atoms with E-state index in [9.17, 15) is 4.79 Å². The topological polar surface area (TPSA) is 62.7 Å². The quantitative estimate of drug-likeness (QED) is 0.662. The molecular formula is C19H21N3O3. The molecule has 0 atom stereocenters. The van der Waals surface area contributed by atoms with Crippen LogP contribution in [0.3, 0.4) is 0 Å². The second-order valence-electron chi connectivity index (χ2n) is 6.07. The van der Waals surface area contributed by atoms with Crippen LogP contribution in [-0.2, 0) is 6.54 Å². The normalized spacial score (nSPS) is 11.0. The fraction of sp³-hybridized carbons (Fsp3) is 0.263. The van der Waals surface area contributed by atoms with Crippen molar-refractivity contribution in [3.63, 3.8) is 0 Å². The lowest BCUT2D eigenvalue weighted by Gasteiger charge is -2.23. The van der Waals surface area contributed by atoms with Gasteiger partial charge in [0.15, 0.2) is 11.5 Å². The van der Waals surface area contributed by atoms with Crippen molar-refractivity contribution in [2.24, 2.45) is 0 Å². The van der Waals surface area contributed by atoms with E-state index in [1.54, 1.807) is 29.4 Å². The summed E-state index contributed by atoms with van der Waals surface area (Å²) < 4.78 is 10.5. The Kier molecular flexibility index (Phi) is 5.30. The van der Waals surface area contributed by atoms with Gasteiger partial charge in [-0.05, 0) is 31.8 Å². The second-order valence-corrected chi connectivity index (χ2v) is 6.07. The molecule has 0 spiro atoms. The highest BCUT2D eigenvalue weighted by atomic mass is 16.5. The Balaban J connectivity index is 1.78. The maximum atomic E-state index is 12.9. The van der Waals surface area contributed by atoms with Crippen molar-refractivity contribution in [1.29, 1.82) is 0 Å². The fourth-order valence-electron chi connectivity index (χ4n) is 2.45. The summed E-state index contributed by atoms with van der Waals surface area (Å²) in [5, 5.41) is 3.92. The average Bonchev–Trinajstić information content (AvgIpc) is 3.29. The molecule has 3 aromatic rings. The number of carbonyl (C=O) groups excluding carboxylic acids is 1. The molecular weight excluding hydrogens is 318 g/mol. The molecule has 1 aromatic carbocycles. The summed E-state index contributed by atoms with van der Waals surface area (Å²) in [7, 11) is 3.96. The molecule has 6 nitrogen and oxygen atoms in total. The van der Waals surface area contributed by atoms with E-state index in [1.807, 2.05) is 49.3 Å². The summed E-state index contributed by atoms with van der Waals surface area (Å²) in [6.45, 7) is 1.89. The van der Waals surface area contributed by atoms with E-state index >= 15 is 0 Å². The third-order valence-corrected chi connectivity index (χ3v) is 3.81. The van der Waals surface area contributed by atoms with Crippen LogP contribution in [0.25, 0.3) is 11.5 Å². The first kappa shape index (κ1) is 17.0. The predicted octanol–water partition coefficient (Wildman–Crippen LogP) is 3.14. The molecule has 0 aliphatic carbocycles. The molecule has 0 fully saturated rings. The lowest BCUT2D eigenvalue weighted by molar-refractivity contribution is 0.0721. The van der Waals surface area contributed by atoms with Gasteiger partial charge in [0.1, 0.15) is 0 Å². The summed E-state index contributed by atoms with van der Waals surface area (Å²) in [6.07, 6.45) is 1.55. The monoisotopic (exact) mass is 339 g/mol. The average molecular weight is 339 g/mol. The van der Waals surface area contributed by atoms with Crippen molar-refractivity contribution in [3.8, 4) is 11.5 Å². The number of amides is 1. The second kappa shape index (κ2) is 7.81. The number of likely N-dealkylation sites (N-methyl/N-ethyl adjacent to an activating group) is 1. The number of aromatic nitrogens is 1. The van der Waals surface area contributed by atoms with Crippen LogP contribution in [0.2, 0.25) is 0 Å². The summed E-state index contributed by atoms with van der Waals surface area (Å²) in [5.74, 6) is 0.835. The SMILES string of the molecule is CN(C)CCN(Cc1ccccc1)C(=O)c1cc(-c2ccco2)on1. The maximum Gasteiger partial charge on any atom is 0.276 e. The van der Waals surface area contributed by atoms with E-state index in [0.717, 1.165) is 12.1 Å². The van der Waals surface area contributed by atoms with E-state index in [4.69, 9.17) is 8.94 Å². The zero-order chi connectivity index (χ0) is 17.6. The van der Waals surface area contributed by atoms with Crippen LogP contribution >= 0.6 is 0 Å². The Morgan fingerprint density at radius 1 is 1.04 bits per heavy atom. The van der Waals surface area contributed by atoms with Crippen LogP contribution in [0.15, 0.2) is 63.7 Å². The molecule has 0 radical (unpaired) electrons. The van der Waals surface area contributed by atoms with Crippen molar-refractivity contribution >= 4 is 5.91 Å². The van der Waals surface area contributed by atoms with Gasteiger partial charge in [0.2, 0.25) is 5.76 Å². The Hall–Kier alpha value is -2.86. The first-order chi connectivity index (χ1) is 12.1. The highest BCUT2D eigenvalue weighted by molar-refractivity contribution is 5.93. The van der Waals surface area contributed by atoms with E-state index in [2.05, 4.69) is 5.16 Å². The number of carbonyl (C=O) groups is 1. The molecule has 6 heteroatoms. The van der Waals surface area contributed by atoms with Crippen molar-refractivity contribution < 1.29 is 13.7 Å². The number of rotatable bonds is 7. The van der Waals surface area contributed by atoms with Gasteiger partial charge >= 0.3 is 0 Å². The molecule has 0 unspecified atom stereocenters. The van der Waals surface area contributed by atoms with Crippen molar-refractivity contribution in [2.75, 3.05) is 27.2 Å². The lowest BCUT2D eigenvalue weighted by atomic mass is 10.2. The van der Waals surface area contributed by atoms with Crippen LogP contribution in [0, 0.1) is 0 Å². The molecule has 25 heavy (non-hydrogen) atoms. The Labute approximate surface area is 146 Å². The fourth-order valence-corrected chi connectivity index (χ4v) is 2.45. The summed E-state index contributed by atoms with van der Waals surface area (Å²) in [5.41, 5.74) is 1.35. The largest absolute Gasteiger partial charge is 0.461 e. The zero-order valence-electron chi connectivity index (χ0n) is 14.4. The molecule has 0 N–H and O–H groups in total. The van der Waals surface area contributed by atoms with E-state index in [-0.39, 0.29) is 11.6 Å². The van der Waals surface area contributed by atoms with Gasteiger partial charge in [0.25, 0.3) is 5.91 Å². The zero-order valence-corrected chi connectivity index (χ0v) is 14.4.